The van der Waals surface area contributed by atoms with Gasteiger partial charge in [0.25, 0.3) is 0 Å². The van der Waals surface area contributed by atoms with Crippen LogP contribution in [0.1, 0.15) is 12.8 Å². The Labute approximate surface area is 72.8 Å². The molecule has 0 unspecified atom stereocenters. The number of Topliss-reactive ketones (excluding diaryl/α,β-unsaturated/α-hetero) is 1. The smallest absolute Gasteiger partial charge is 0.185 e. The van der Waals surface area contributed by atoms with Gasteiger partial charge in [0.1, 0.15) is 0 Å². The van der Waals surface area contributed by atoms with Gasteiger partial charge in [-0.3, -0.25) is 4.79 Å². The summed E-state index contributed by atoms with van der Waals surface area (Å²) in [6.07, 6.45) is 8.56. The zero-order chi connectivity index (χ0) is 8.97. The van der Waals surface area contributed by atoms with Gasteiger partial charge in [0.2, 0.25) is 0 Å². The molecule has 0 radical (unpaired) electrons. The molecule has 0 aliphatic heterocycles. The standard InChI is InChI=1S/C11H12O/c1-3-5-9-7-8-10(6-4-2)11(9)12/h3-6H,1-2,7-8H2. The minimum absolute atomic E-state index is 0.148. The highest BCUT2D eigenvalue weighted by molar-refractivity contribution is 6.10. The minimum Gasteiger partial charge on any atom is -0.289 e. The number of rotatable bonds is 2. The highest BCUT2D eigenvalue weighted by Crippen LogP contribution is 2.25. The van der Waals surface area contributed by atoms with Gasteiger partial charge in [-0.25, -0.2) is 0 Å². The van der Waals surface area contributed by atoms with E-state index >= 15 is 0 Å². The average Bonchev–Trinajstić information content (AvgIpc) is 2.38. The molecule has 12 heavy (non-hydrogen) atoms. The second-order valence-corrected chi connectivity index (χ2v) is 2.68. The van der Waals surface area contributed by atoms with E-state index in [1.807, 2.05) is 0 Å². The highest BCUT2D eigenvalue weighted by atomic mass is 16.1. The highest BCUT2D eigenvalue weighted by Gasteiger charge is 2.21. The third-order valence-corrected chi connectivity index (χ3v) is 1.89. The van der Waals surface area contributed by atoms with E-state index < -0.39 is 0 Å². The Bertz CT molecular complexity index is 251. The molecule has 1 heteroatoms. The van der Waals surface area contributed by atoms with E-state index in [1.54, 1.807) is 24.3 Å². The summed E-state index contributed by atoms with van der Waals surface area (Å²) in [5.41, 5.74) is 1.72. The van der Waals surface area contributed by atoms with Crippen LogP contribution in [0.25, 0.3) is 0 Å². The molecule has 62 valence electrons. The third kappa shape index (κ3) is 1.62. The van der Waals surface area contributed by atoms with Crippen molar-refractivity contribution in [2.24, 2.45) is 0 Å². The molecule has 1 nitrogen and oxygen atoms in total. The van der Waals surface area contributed by atoms with Crippen LogP contribution in [-0.2, 0) is 4.79 Å². The van der Waals surface area contributed by atoms with Crippen molar-refractivity contribution in [1.29, 1.82) is 0 Å². The van der Waals surface area contributed by atoms with Crippen LogP contribution >= 0.6 is 0 Å². The van der Waals surface area contributed by atoms with Crippen molar-refractivity contribution in [2.75, 3.05) is 0 Å². The van der Waals surface area contributed by atoms with E-state index in [4.69, 9.17) is 0 Å². The second-order valence-electron chi connectivity index (χ2n) is 2.68. The van der Waals surface area contributed by atoms with Gasteiger partial charge in [0, 0.05) is 11.1 Å². The molecule has 0 saturated heterocycles. The van der Waals surface area contributed by atoms with Crippen molar-refractivity contribution in [1.82, 2.24) is 0 Å². The van der Waals surface area contributed by atoms with Gasteiger partial charge in [-0.05, 0) is 12.8 Å². The van der Waals surface area contributed by atoms with Crippen LogP contribution in [0.15, 0.2) is 48.6 Å². The van der Waals surface area contributed by atoms with Gasteiger partial charge < -0.3 is 0 Å². The monoisotopic (exact) mass is 160 g/mol. The molecule has 1 aliphatic rings. The first-order valence-electron chi connectivity index (χ1n) is 3.97. The summed E-state index contributed by atoms with van der Waals surface area (Å²) < 4.78 is 0. The van der Waals surface area contributed by atoms with Gasteiger partial charge >= 0.3 is 0 Å². The normalized spacial score (nSPS) is 23.5. The molecule has 1 aliphatic carbocycles. The van der Waals surface area contributed by atoms with Crippen LogP contribution in [0.5, 0.6) is 0 Å². The topological polar surface area (TPSA) is 17.1 Å². The molecule has 1 rings (SSSR count). The summed E-state index contributed by atoms with van der Waals surface area (Å²) in [6, 6.07) is 0. The van der Waals surface area contributed by atoms with Crippen LogP contribution in [0.2, 0.25) is 0 Å². The number of hydrogen-bond donors (Lipinski definition) is 0. The maximum Gasteiger partial charge on any atom is 0.185 e. The fourth-order valence-corrected chi connectivity index (χ4v) is 1.31. The first-order valence-corrected chi connectivity index (χ1v) is 3.97. The molecule has 0 atom stereocenters. The molecule has 0 amide bonds. The zero-order valence-electron chi connectivity index (χ0n) is 7.05. The van der Waals surface area contributed by atoms with Crippen molar-refractivity contribution in [3.63, 3.8) is 0 Å². The largest absolute Gasteiger partial charge is 0.289 e. The number of allylic oxidation sites excluding steroid dienone is 6. The van der Waals surface area contributed by atoms with Gasteiger partial charge in [-0.1, -0.05) is 37.5 Å². The summed E-state index contributed by atoms with van der Waals surface area (Å²) in [6.45, 7) is 7.12. The van der Waals surface area contributed by atoms with Gasteiger partial charge in [0.05, 0.1) is 0 Å². The van der Waals surface area contributed by atoms with Crippen molar-refractivity contribution in [3.8, 4) is 0 Å². The van der Waals surface area contributed by atoms with Crippen molar-refractivity contribution >= 4 is 5.78 Å². The fraction of sp³-hybridized carbons (Fsp3) is 0.182. The van der Waals surface area contributed by atoms with Crippen LogP contribution in [0.3, 0.4) is 0 Å². The predicted molar refractivity (Wildman–Crippen MR) is 50.8 cm³/mol. The first kappa shape index (κ1) is 8.72. The summed E-state index contributed by atoms with van der Waals surface area (Å²) >= 11 is 0. The Kier molecular flexibility index (Phi) is 2.81. The maximum absolute atomic E-state index is 11.5. The number of carbonyl (C=O) groups excluding carboxylic acids is 1. The minimum atomic E-state index is 0.148. The van der Waals surface area contributed by atoms with E-state index in [0.29, 0.717) is 0 Å². The molecular weight excluding hydrogens is 148 g/mol. The van der Waals surface area contributed by atoms with Crippen molar-refractivity contribution in [2.45, 2.75) is 12.8 Å². The van der Waals surface area contributed by atoms with Crippen LogP contribution < -0.4 is 0 Å². The van der Waals surface area contributed by atoms with E-state index in [-0.39, 0.29) is 5.78 Å². The molecule has 0 bridgehead atoms. The van der Waals surface area contributed by atoms with E-state index in [0.717, 1.165) is 24.0 Å². The Morgan fingerprint density at radius 1 is 1.00 bits per heavy atom. The molecule has 0 aromatic carbocycles. The fourth-order valence-electron chi connectivity index (χ4n) is 1.31. The Morgan fingerprint density at radius 2 is 1.42 bits per heavy atom. The summed E-state index contributed by atoms with van der Waals surface area (Å²) in [7, 11) is 0. The van der Waals surface area contributed by atoms with Crippen LogP contribution in [0, 0.1) is 0 Å². The molecule has 0 N–H and O–H groups in total. The zero-order valence-corrected chi connectivity index (χ0v) is 7.05. The van der Waals surface area contributed by atoms with Gasteiger partial charge in [-0.15, -0.1) is 0 Å². The Hall–Kier alpha value is -1.37. The van der Waals surface area contributed by atoms with E-state index in [2.05, 4.69) is 13.2 Å². The lowest BCUT2D eigenvalue weighted by molar-refractivity contribution is -0.111. The summed E-state index contributed by atoms with van der Waals surface area (Å²) in [4.78, 5) is 11.5. The Morgan fingerprint density at radius 3 is 1.75 bits per heavy atom. The molecule has 0 heterocycles. The average molecular weight is 160 g/mol. The molecule has 1 saturated carbocycles. The SMILES string of the molecule is C=CC=C1CCC(=CC=C)C1=O. The maximum atomic E-state index is 11.5. The van der Waals surface area contributed by atoms with E-state index in [1.165, 1.54) is 0 Å². The third-order valence-electron chi connectivity index (χ3n) is 1.89. The second kappa shape index (κ2) is 3.86. The summed E-state index contributed by atoms with van der Waals surface area (Å²) in [5, 5.41) is 0. The quantitative estimate of drug-likeness (QED) is 0.567. The van der Waals surface area contributed by atoms with Crippen LogP contribution in [0.4, 0.5) is 0 Å². The lowest BCUT2D eigenvalue weighted by atomic mass is 10.1. The predicted octanol–water partition coefficient (Wildman–Crippen LogP) is 2.57. The van der Waals surface area contributed by atoms with E-state index in [9.17, 15) is 4.79 Å². The van der Waals surface area contributed by atoms with Gasteiger partial charge in [0.15, 0.2) is 5.78 Å². The van der Waals surface area contributed by atoms with Crippen LogP contribution in [-0.4, -0.2) is 5.78 Å². The number of ketones is 1. The van der Waals surface area contributed by atoms with Crippen molar-refractivity contribution in [3.05, 3.63) is 48.6 Å². The number of carbonyl (C=O) groups is 1. The summed E-state index contributed by atoms with van der Waals surface area (Å²) in [5.74, 6) is 0.148. The molecule has 0 aromatic rings. The molecule has 0 aromatic heterocycles. The molecule has 0 spiro atoms. The van der Waals surface area contributed by atoms with Crippen molar-refractivity contribution < 1.29 is 4.79 Å². The van der Waals surface area contributed by atoms with Gasteiger partial charge in [-0.2, -0.15) is 0 Å². The molecular formula is C11H12O. The number of hydrogen-bond acceptors (Lipinski definition) is 1. The Balaban J connectivity index is 2.87. The first-order chi connectivity index (χ1) is 5.79. The molecule has 1 fully saturated rings. The lowest BCUT2D eigenvalue weighted by Gasteiger charge is -1.90. The lowest BCUT2D eigenvalue weighted by Crippen LogP contribution is -1.94.